The number of carbonyl (C=O) groups is 1. The van der Waals surface area contributed by atoms with Crippen LogP contribution < -0.4 is 5.73 Å². The van der Waals surface area contributed by atoms with Crippen molar-refractivity contribution in [3.8, 4) is 0 Å². The zero-order valence-corrected chi connectivity index (χ0v) is 9.77. The summed E-state index contributed by atoms with van der Waals surface area (Å²) in [5, 5.41) is 2.74. The van der Waals surface area contributed by atoms with Gasteiger partial charge in [-0.3, -0.25) is 4.79 Å². The monoisotopic (exact) mass is 224 g/mol. The van der Waals surface area contributed by atoms with E-state index >= 15 is 0 Å². The van der Waals surface area contributed by atoms with E-state index in [-0.39, 0.29) is 5.78 Å². The Balaban J connectivity index is 2.61. The second-order valence-electron chi connectivity index (χ2n) is 3.37. The first-order valence-corrected chi connectivity index (χ1v) is 5.89. The highest BCUT2D eigenvalue weighted by atomic mass is 32.1. The van der Waals surface area contributed by atoms with Gasteiger partial charge in [-0.2, -0.15) is 0 Å². The van der Waals surface area contributed by atoms with E-state index in [1.165, 1.54) is 11.3 Å². The normalized spacial score (nSPS) is 10.3. The van der Waals surface area contributed by atoms with E-state index in [2.05, 4.69) is 11.6 Å². The Kier molecular flexibility index (Phi) is 4.65. The summed E-state index contributed by atoms with van der Waals surface area (Å²) in [7, 11) is 0. The molecule has 0 unspecified atom stereocenters. The van der Waals surface area contributed by atoms with Crippen molar-refractivity contribution in [3.05, 3.63) is 28.2 Å². The molecule has 0 bridgehead atoms. The van der Waals surface area contributed by atoms with Crippen LogP contribution in [0.2, 0.25) is 0 Å². The fourth-order valence-corrected chi connectivity index (χ4v) is 1.94. The fraction of sp³-hybridized carbons (Fsp3) is 0.455. The van der Waals surface area contributed by atoms with Gasteiger partial charge in [-0.25, -0.2) is 4.98 Å². The highest BCUT2D eigenvalue weighted by Crippen LogP contribution is 2.14. The van der Waals surface area contributed by atoms with Gasteiger partial charge in [0, 0.05) is 18.2 Å². The van der Waals surface area contributed by atoms with Crippen molar-refractivity contribution in [2.75, 3.05) is 6.54 Å². The molecular weight excluding hydrogens is 208 g/mol. The standard InChI is InChI=1S/C11H16N2OS/c1-3-8(2)6-10(14)9-7-15-11(13-9)4-5-12/h7H,2-6,12H2,1H3. The lowest BCUT2D eigenvalue weighted by molar-refractivity contribution is 0.0988. The number of carbonyl (C=O) groups excluding carboxylic acids is 1. The third kappa shape index (κ3) is 3.57. The Labute approximate surface area is 94.0 Å². The molecule has 2 N–H and O–H groups in total. The number of hydrogen-bond donors (Lipinski definition) is 1. The minimum atomic E-state index is 0.0568. The van der Waals surface area contributed by atoms with Crippen LogP contribution in [0.5, 0.6) is 0 Å². The molecule has 82 valence electrons. The van der Waals surface area contributed by atoms with Crippen LogP contribution in [-0.2, 0) is 6.42 Å². The largest absolute Gasteiger partial charge is 0.330 e. The van der Waals surface area contributed by atoms with E-state index in [0.717, 1.165) is 23.4 Å². The molecule has 15 heavy (non-hydrogen) atoms. The van der Waals surface area contributed by atoms with Gasteiger partial charge in [0.25, 0.3) is 0 Å². The Hall–Kier alpha value is -1.00. The van der Waals surface area contributed by atoms with Gasteiger partial charge >= 0.3 is 0 Å². The number of nitrogens with zero attached hydrogens (tertiary/aromatic N) is 1. The van der Waals surface area contributed by atoms with Crippen LogP contribution in [0, 0.1) is 0 Å². The average Bonchev–Trinajstić information content (AvgIpc) is 2.67. The molecule has 0 saturated heterocycles. The Bertz CT molecular complexity index is 357. The Morgan fingerprint density at radius 3 is 3.00 bits per heavy atom. The van der Waals surface area contributed by atoms with Gasteiger partial charge < -0.3 is 5.73 Å². The molecule has 1 aromatic heterocycles. The summed E-state index contributed by atoms with van der Waals surface area (Å²) in [5.41, 5.74) is 6.92. The van der Waals surface area contributed by atoms with Crippen molar-refractivity contribution in [2.24, 2.45) is 5.73 Å². The van der Waals surface area contributed by atoms with E-state index in [1.54, 1.807) is 5.38 Å². The number of rotatable bonds is 6. The zero-order chi connectivity index (χ0) is 11.3. The molecule has 0 spiro atoms. The minimum Gasteiger partial charge on any atom is -0.330 e. The third-order valence-corrected chi connectivity index (χ3v) is 3.01. The topological polar surface area (TPSA) is 56.0 Å². The molecule has 0 aliphatic rings. The molecule has 0 aliphatic heterocycles. The van der Waals surface area contributed by atoms with Gasteiger partial charge in [0.15, 0.2) is 5.78 Å². The van der Waals surface area contributed by atoms with E-state index < -0.39 is 0 Å². The van der Waals surface area contributed by atoms with Crippen molar-refractivity contribution in [2.45, 2.75) is 26.2 Å². The summed E-state index contributed by atoms with van der Waals surface area (Å²) in [6.07, 6.45) is 1.99. The fourth-order valence-electron chi connectivity index (χ4n) is 1.12. The maximum absolute atomic E-state index is 11.7. The summed E-state index contributed by atoms with van der Waals surface area (Å²) in [6.45, 7) is 6.39. The molecule has 1 rings (SSSR count). The maximum Gasteiger partial charge on any atom is 0.186 e. The first-order valence-electron chi connectivity index (χ1n) is 5.01. The molecule has 0 aromatic carbocycles. The lowest BCUT2D eigenvalue weighted by Crippen LogP contribution is -2.04. The lowest BCUT2D eigenvalue weighted by Gasteiger charge is -1.98. The van der Waals surface area contributed by atoms with Crippen LogP contribution in [0.1, 0.15) is 35.3 Å². The number of aromatic nitrogens is 1. The van der Waals surface area contributed by atoms with Crippen LogP contribution in [0.25, 0.3) is 0 Å². The van der Waals surface area contributed by atoms with Crippen molar-refractivity contribution >= 4 is 17.1 Å². The van der Waals surface area contributed by atoms with Gasteiger partial charge in [-0.05, 0) is 13.0 Å². The van der Waals surface area contributed by atoms with Crippen LogP contribution in [0.15, 0.2) is 17.5 Å². The van der Waals surface area contributed by atoms with Crippen molar-refractivity contribution in [3.63, 3.8) is 0 Å². The number of ketones is 1. The summed E-state index contributed by atoms with van der Waals surface area (Å²) < 4.78 is 0. The summed E-state index contributed by atoms with van der Waals surface area (Å²) in [4.78, 5) is 15.9. The Morgan fingerprint density at radius 2 is 2.40 bits per heavy atom. The van der Waals surface area contributed by atoms with Gasteiger partial charge in [0.05, 0.1) is 5.01 Å². The smallest absolute Gasteiger partial charge is 0.186 e. The van der Waals surface area contributed by atoms with Gasteiger partial charge in [-0.15, -0.1) is 11.3 Å². The second-order valence-corrected chi connectivity index (χ2v) is 4.31. The molecule has 0 radical (unpaired) electrons. The number of thiazole rings is 1. The predicted octanol–water partition coefficient (Wildman–Crippen LogP) is 2.18. The van der Waals surface area contributed by atoms with Crippen molar-refractivity contribution in [1.82, 2.24) is 4.98 Å². The van der Waals surface area contributed by atoms with Gasteiger partial charge in [-0.1, -0.05) is 19.1 Å². The van der Waals surface area contributed by atoms with Crippen LogP contribution in [-0.4, -0.2) is 17.3 Å². The minimum absolute atomic E-state index is 0.0568. The molecule has 0 saturated carbocycles. The van der Waals surface area contributed by atoms with Crippen LogP contribution in [0.3, 0.4) is 0 Å². The number of hydrogen-bond acceptors (Lipinski definition) is 4. The van der Waals surface area contributed by atoms with Gasteiger partial charge in [0.2, 0.25) is 0 Å². The number of allylic oxidation sites excluding steroid dienone is 1. The number of Topliss-reactive ketones (excluding diaryl/α,β-unsaturated/α-hetero) is 1. The SMILES string of the molecule is C=C(CC)CC(=O)c1csc(CCN)n1. The van der Waals surface area contributed by atoms with Crippen LogP contribution >= 0.6 is 11.3 Å². The van der Waals surface area contributed by atoms with Crippen molar-refractivity contribution < 1.29 is 4.79 Å². The second kappa shape index (κ2) is 5.78. The summed E-state index contributed by atoms with van der Waals surface area (Å²) >= 11 is 1.50. The summed E-state index contributed by atoms with van der Waals surface area (Å²) in [6, 6.07) is 0. The quantitative estimate of drug-likeness (QED) is 0.595. The maximum atomic E-state index is 11.7. The molecular formula is C11H16N2OS. The zero-order valence-electron chi connectivity index (χ0n) is 8.95. The van der Waals surface area contributed by atoms with E-state index in [9.17, 15) is 4.79 Å². The van der Waals surface area contributed by atoms with E-state index in [0.29, 0.717) is 18.7 Å². The molecule has 0 amide bonds. The average molecular weight is 224 g/mol. The van der Waals surface area contributed by atoms with E-state index in [1.807, 2.05) is 6.92 Å². The summed E-state index contributed by atoms with van der Waals surface area (Å²) in [5.74, 6) is 0.0568. The molecule has 0 fully saturated rings. The molecule has 0 atom stereocenters. The van der Waals surface area contributed by atoms with Crippen LogP contribution in [0.4, 0.5) is 0 Å². The third-order valence-electron chi connectivity index (χ3n) is 2.11. The molecule has 1 heterocycles. The highest BCUT2D eigenvalue weighted by Gasteiger charge is 2.10. The van der Waals surface area contributed by atoms with Gasteiger partial charge in [0.1, 0.15) is 5.69 Å². The Morgan fingerprint density at radius 1 is 1.67 bits per heavy atom. The molecule has 0 aliphatic carbocycles. The first-order chi connectivity index (χ1) is 7.17. The lowest BCUT2D eigenvalue weighted by atomic mass is 10.1. The first kappa shape index (κ1) is 12.1. The van der Waals surface area contributed by atoms with Crippen molar-refractivity contribution in [1.29, 1.82) is 0 Å². The predicted molar refractivity (Wildman–Crippen MR) is 63.3 cm³/mol. The van der Waals surface area contributed by atoms with E-state index in [4.69, 9.17) is 5.73 Å². The molecule has 3 nitrogen and oxygen atoms in total. The molecule has 1 aromatic rings. The number of nitrogens with two attached hydrogens (primary N) is 1. The molecule has 4 heteroatoms. The highest BCUT2D eigenvalue weighted by molar-refractivity contribution is 7.09.